The van der Waals surface area contributed by atoms with Gasteiger partial charge in [-0.2, -0.15) is 13.2 Å². The molecule has 1 spiro atoms. The summed E-state index contributed by atoms with van der Waals surface area (Å²) in [4.78, 5) is 27.6. The molecule has 0 bridgehead atoms. The van der Waals surface area contributed by atoms with Crippen molar-refractivity contribution < 1.29 is 37.0 Å². The molecule has 0 aliphatic heterocycles. The molecule has 2 heterocycles. The summed E-state index contributed by atoms with van der Waals surface area (Å²) in [5.41, 5.74) is 2.32. The number of carbonyl (C=O) groups excluding carboxylic acids is 1. The van der Waals surface area contributed by atoms with Crippen LogP contribution in [-0.2, 0) is 11.2 Å². The van der Waals surface area contributed by atoms with E-state index < -0.39 is 24.7 Å². The lowest BCUT2D eigenvalue weighted by Crippen LogP contribution is -2.19. The first-order valence-corrected chi connectivity index (χ1v) is 12.2. The number of hydrogen-bond donors (Lipinski definition) is 2. The minimum Gasteiger partial charge on any atom is -0.481 e. The number of amides is 1. The topological polar surface area (TPSA) is 127 Å². The van der Waals surface area contributed by atoms with Gasteiger partial charge in [0.05, 0.1) is 12.3 Å². The van der Waals surface area contributed by atoms with Crippen LogP contribution in [-0.4, -0.2) is 44.9 Å². The number of halogens is 3. The molecular weight excluding hydrogens is 505 g/mol. The number of rotatable bonds is 8. The lowest BCUT2D eigenvalue weighted by molar-refractivity contribution is -0.154. The number of carbonyl (C=O) groups is 2. The molecule has 9 nitrogen and oxygen atoms in total. The summed E-state index contributed by atoms with van der Waals surface area (Å²) in [5.74, 6) is -1.30. The van der Waals surface area contributed by atoms with Crippen LogP contribution < -0.4 is 10.1 Å². The second-order valence-corrected chi connectivity index (χ2v) is 9.89. The molecule has 2 N–H and O–H groups in total. The minimum absolute atomic E-state index is 0.00412. The molecule has 2 fully saturated rings. The molecule has 1 aromatic carbocycles. The Morgan fingerprint density at radius 2 is 1.84 bits per heavy atom. The van der Waals surface area contributed by atoms with Gasteiger partial charge in [0.1, 0.15) is 0 Å². The van der Waals surface area contributed by atoms with Crippen molar-refractivity contribution in [1.29, 1.82) is 0 Å². The number of carboxylic acids is 1. The highest BCUT2D eigenvalue weighted by Gasteiger charge is 2.58. The fourth-order valence-electron chi connectivity index (χ4n) is 5.15. The van der Waals surface area contributed by atoms with E-state index in [0.717, 1.165) is 37.7 Å². The lowest BCUT2D eigenvalue weighted by Gasteiger charge is -2.29. The second kappa shape index (κ2) is 10.1. The van der Waals surface area contributed by atoms with Crippen LogP contribution in [0.3, 0.4) is 0 Å². The van der Waals surface area contributed by atoms with E-state index in [1.165, 1.54) is 18.3 Å². The predicted molar refractivity (Wildman–Crippen MR) is 127 cm³/mol. The summed E-state index contributed by atoms with van der Waals surface area (Å²) in [6.45, 7) is -1.43. The van der Waals surface area contributed by atoms with Crippen molar-refractivity contribution in [3.63, 3.8) is 0 Å². The first kappa shape index (κ1) is 25.7. The Labute approximate surface area is 215 Å². The van der Waals surface area contributed by atoms with Gasteiger partial charge in [0.2, 0.25) is 11.8 Å². The number of hydrogen-bond acceptors (Lipinski definition) is 7. The maximum Gasteiger partial charge on any atom is 0.422 e. The highest BCUT2D eigenvalue weighted by molar-refractivity contribution is 6.00. The Bertz CT molecular complexity index is 1300. The van der Waals surface area contributed by atoms with E-state index in [-0.39, 0.29) is 35.4 Å². The first-order chi connectivity index (χ1) is 18.1. The number of pyridine rings is 1. The summed E-state index contributed by atoms with van der Waals surface area (Å²) in [6.07, 6.45) is 1.58. The van der Waals surface area contributed by atoms with Gasteiger partial charge in [-0.3, -0.25) is 9.59 Å². The van der Waals surface area contributed by atoms with E-state index in [9.17, 15) is 27.9 Å². The monoisotopic (exact) mass is 530 g/mol. The number of nitrogens with one attached hydrogen (secondary N) is 1. The molecular formula is C26H25F3N4O5. The molecule has 3 aromatic rings. The van der Waals surface area contributed by atoms with Gasteiger partial charge in [-0.25, -0.2) is 4.98 Å². The van der Waals surface area contributed by atoms with Crippen molar-refractivity contribution in [3.8, 4) is 5.88 Å². The minimum atomic E-state index is -4.45. The maximum absolute atomic E-state index is 12.6. The molecule has 38 heavy (non-hydrogen) atoms. The summed E-state index contributed by atoms with van der Waals surface area (Å²) in [7, 11) is 0. The van der Waals surface area contributed by atoms with Crippen molar-refractivity contribution in [2.24, 2.45) is 11.3 Å². The largest absolute Gasteiger partial charge is 0.481 e. The Morgan fingerprint density at radius 3 is 2.45 bits per heavy atom. The molecule has 2 saturated carbocycles. The van der Waals surface area contributed by atoms with Crippen LogP contribution in [0.5, 0.6) is 5.88 Å². The van der Waals surface area contributed by atoms with E-state index in [1.54, 1.807) is 12.1 Å². The van der Waals surface area contributed by atoms with Crippen LogP contribution in [0.15, 0.2) is 47.0 Å². The Kier molecular flexibility index (Phi) is 6.80. The Balaban J connectivity index is 1.11. The van der Waals surface area contributed by atoms with Crippen LogP contribution in [0.4, 0.5) is 18.9 Å². The number of alkyl halides is 3. The van der Waals surface area contributed by atoms with E-state index in [1.807, 2.05) is 12.1 Å². The highest BCUT2D eigenvalue weighted by atomic mass is 19.4. The van der Waals surface area contributed by atoms with Crippen molar-refractivity contribution in [2.75, 3.05) is 11.9 Å². The van der Waals surface area contributed by atoms with Gasteiger partial charge in [0, 0.05) is 18.0 Å². The molecule has 2 aliphatic carbocycles. The summed E-state index contributed by atoms with van der Waals surface area (Å²) in [5, 5.41) is 19.6. The van der Waals surface area contributed by atoms with E-state index >= 15 is 0 Å². The average molecular weight is 531 g/mol. The summed E-state index contributed by atoms with van der Waals surface area (Å²) >= 11 is 0. The first-order valence-electron chi connectivity index (χ1n) is 12.2. The number of nitrogens with zero attached hydrogens (tertiary/aromatic N) is 3. The molecule has 2 aliphatic rings. The fraction of sp³-hybridized carbons (Fsp3) is 0.423. The van der Waals surface area contributed by atoms with Gasteiger partial charge >= 0.3 is 23.9 Å². The maximum atomic E-state index is 12.6. The second-order valence-electron chi connectivity index (χ2n) is 9.89. The molecule has 5 rings (SSSR count). The number of aliphatic carboxylic acids is 1. The standard InChI is InChI=1S/C26H25F3N4O5/c27-26(28,29)14-37-20-6-1-15(13-30-20)11-21-32-33-23(38-21)22(34)31-18-4-2-16(3-5-18)17-7-9-25(10-8-17)12-19(25)24(35)36/h1-6,13,17,19H,7-12,14H2,(H,31,34)(H,35,36). The van der Waals surface area contributed by atoms with E-state index in [0.29, 0.717) is 17.2 Å². The number of aromatic nitrogens is 3. The van der Waals surface area contributed by atoms with Crippen LogP contribution in [0.1, 0.15) is 65.7 Å². The van der Waals surface area contributed by atoms with Crippen molar-refractivity contribution in [3.05, 3.63) is 65.5 Å². The molecule has 1 amide bonds. The van der Waals surface area contributed by atoms with E-state index in [2.05, 4.69) is 25.2 Å². The van der Waals surface area contributed by atoms with Crippen molar-refractivity contribution in [2.45, 2.75) is 50.6 Å². The summed E-state index contributed by atoms with van der Waals surface area (Å²) in [6, 6.07) is 10.4. The van der Waals surface area contributed by atoms with Crippen LogP contribution in [0, 0.1) is 11.3 Å². The van der Waals surface area contributed by atoms with Gasteiger partial charge in [0.15, 0.2) is 6.61 Å². The molecule has 1 unspecified atom stereocenters. The third-order valence-corrected chi connectivity index (χ3v) is 7.31. The molecule has 12 heteroatoms. The predicted octanol–water partition coefficient (Wildman–Crippen LogP) is 5.00. The summed E-state index contributed by atoms with van der Waals surface area (Å²) < 4.78 is 46.7. The van der Waals surface area contributed by atoms with Crippen LogP contribution in [0.2, 0.25) is 0 Å². The van der Waals surface area contributed by atoms with Gasteiger partial charge < -0.3 is 19.6 Å². The number of carboxylic acid groups (broad SMARTS) is 1. The van der Waals surface area contributed by atoms with Crippen LogP contribution >= 0.6 is 0 Å². The van der Waals surface area contributed by atoms with Crippen LogP contribution in [0.25, 0.3) is 0 Å². The molecule has 0 radical (unpaired) electrons. The molecule has 0 saturated heterocycles. The Hall–Kier alpha value is -3.96. The molecule has 1 atom stereocenters. The highest BCUT2D eigenvalue weighted by Crippen LogP contribution is 2.63. The van der Waals surface area contributed by atoms with Gasteiger partial charge in [0.25, 0.3) is 0 Å². The molecule has 200 valence electrons. The quantitative estimate of drug-likeness (QED) is 0.417. The lowest BCUT2D eigenvalue weighted by atomic mass is 9.76. The van der Waals surface area contributed by atoms with Gasteiger partial charge in [-0.1, -0.05) is 18.2 Å². The van der Waals surface area contributed by atoms with Crippen molar-refractivity contribution in [1.82, 2.24) is 15.2 Å². The van der Waals surface area contributed by atoms with Crippen molar-refractivity contribution >= 4 is 17.6 Å². The zero-order chi connectivity index (χ0) is 26.9. The normalized spacial score (nSPS) is 22.7. The number of anilines is 1. The van der Waals surface area contributed by atoms with Gasteiger partial charge in [-0.15, -0.1) is 10.2 Å². The fourth-order valence-corrected chi connectivity index (χ4v) is 5.15. The smallest absolute Gasteiger partial charge is 0.422 e. The number of benzene rings is 1. The zero-order valence-electron chi connectivity index (χ0n) is 20.2. The average Bonchev–Trinajstić information content (AvgIpc) is 3.38. The van der Waals surface area contributed by atoms with Gasteiger partial charge in [-0.05, 0) is 66.7 Å². The SMILES string of the molecule is O=C(Nc1ccc(C2CCC3(CC2)CC3C(=O)O)cc1)c1nnc(Cc2ccc(OCC(F)(F)F)nc2)o1. The van der Waals surface area contributed by atoms with E-state index in [4.69, 9.17) is 4.42 Å². The third kappa shape index (κ3) is 5.95. The number of ether oxygens (including phenoxy) is 1. The zero-order valence-corrected chi connectivity index (χ0v) is 20.2. The third-order valence-electron chi connectivity index (χ3n) is 7.31. The Morgan fingerprint density at radius 1 is 1.11 bits per heavy atom. The molecule has 2 aromatic heterocycles.